The minimum atomic E-state index is -4.47. The van der Waals surface area contributed by atoms with Crippen LogP contribution in [0.3, 0.4) is 0 Å². The molecule has 0 aliphatic rings. The Morgan fingerprint density at radius 3 is 2.12 bits per heavy atom. The van der Waals surface area contributed by atoms with Crippen molar-refractivity contribution in [1.82, 2.24) is 0 Å². The van der Waals surface area contributed by atoms with Gasteiger partial charge in [0.25, 0.3) is 0 Å². The second-order valence-electron chi connectivity index (χ2n) is 5.63. The van der Waals surface area contributed by atoms with E-state index in [1.54, 1.807) is 24.3 Å². The lowest BCUT2D eigenvalue weighted by molar-refractivity contribution is -0.138. The molecule has 4 nitrogen and oxygen atoms in total. The molecule has 2 N–H and O–H groups in total. The number of amides is 2. The highest BCUT2D eigenvalue weighted by Crippen LogP contribution is 2.33. The van der Waals surface area contributed by atoms with Gasteiger partial charge in [-0.05, 0) is 42.3 Å². The molecule has 2 aromatic carbocycles. The van der Waals surface area contributed by atoms with Crippen molar-refractivity contribution in [2.24, 2.45) is 0 Å². The van der Waals surface area contributed by atoms with E-state index in [1.807, 2.05) is 0 Å². The van der Waals surface area contributed by atoms with Gasteiger partial charge >= 0.3 is 6.18 Å². The van der Waals surface area contributed by atoms with Gasteiger partial charge in [0.2, 0.25) is 11.8 Å². The van der Waals surface area contributed by atoms with Crippen molar-refractivity contribution in [3.05, 3.63) is 59.2 Å². The van der Waals surface area contributed by atoms with Gasteiger partial charge < -0.3 is 10.6 Å². The van der Waals surface area contributed by atoms with Gasteiger partial charge in [0.1, 0.15) is 0 Å². The molecule has 25 heavy (non-hydrogen) atoms. The molecule has 2 amide bonds. The number of halogens is 3. The number of nitrogens with one attached hydrogen (secondary N) is 2. The van der Waals surface area contributed by atoms with E-state index in [9.17, 15) is 22.8 Å². The Labute approximate surface area is 143 Å². The summed E-state index contributed by atoms with van der Waals surface area (Å²) in [7, 11) is 0. The maximum absolute atomic E-state index is 12.9. The van der Waals surface area contributed by atoms with Crippen molar-refractivity contribution in [3.63, 3.8) is 0 Å². The average molecular weight is 350 g/mol. The summed E-state index contributed by atoms with van der Waals surface area (Å²) in [6.45, 7) is 2.75. The van der Waals surface area contributed by atoms with Gasteiger partial charge in [-0.3, -0.25) is 9.59 Å². The Hall–Kier alpha value is -2.83. The van der Waals surface area contributed by atoms with Crippen LogP contribution in [0.2, 0.25) is 0 Å². The van der Waals surface area contributed by atoms with Gasteiger partial charge in [-0.1, -0.05) is 18.2 Å². The van der Waals surface area contributed by atoms with Crippen LogP contribution < -0.4 is 10.6 Å². The van der Waals surface area contributed by atoms with Gasteiger partial charge in [0.15, 0.2) is 0 Å². The second kappa shape index (κ2) is 7.38. The number of benzene rings is 2. The van der Waals surface area contributed by atoms with Gasteiger partial charge in [0, 0.05) is 18.3 Å². The van der Waals surface area contributed by atoms with Crippen LogP contribution in [-0.4, -0.2) is 11.8 Å². The zero-order chi connectivity index (χ0) is 18.6. The molecule has 0 aliphatic heterocycles. The van der Waals surface area contributed by atoms with Crippen LogP contribution >= 0.6 is 0 Å². The molecular formula is C18H17F3N2O2. The Kier molecular flexibility index (Phi) is 5.46. The third-order valence-corrected chi connectivity index (χ3v) is 3.47. The van der Waals surface area contributed by atoms with Crippen molar-refractivity contribution in [3.8, 4) is 0 Å². The topological polar surface area (TPSA) is 58.2 Å². The molecule has 0 saturated heterocycles. The van der Waals surface area contributed by atoms with Crippen LogP contribution in [-0.2, 0) is 22.2 Å². The third-order valence-electron chi connectivity index (χ3n) is 3.47. The number of hydrogen-bond donors (Lipinski definition) is 2. The van der Waals surface area contributed by atoms with Crippen molar-refractivity contribution < 1.29 is 22.8 Å². The Bertz CT molecular complexity index is 784. The Balaban J connectivity index is 2.04. The lowest BCUT2D eigenvalue weighted by Crippen LogP contribution is -2.16. The smallest absolute Gasteiger partial charge is 0.326 e. The highest BCUT2D eigenvalue weighted by molar-refractivity contribution is 5.92. The molecule has 0 aliphatic carbocycles. The minimum absolute atomic E-state index is 0.00950. The predicted molar refractivity (Wildman–Crippen MR) is 89.3 cm³/mol. The van der Waals surface area contributed by atoms with Crippen molar-refractivity contribution >= 4 is 23.2 Å². The largest absolute Gasteiger partial charge is 0.416 e. The van der Waals surface area contributed by atoms with E-state index >= 15 is 0 Å². The first-order chi connectivity index (χ1) is 11.6. The molecule has 0 radical (unpaired) electrons. The van der Waals surface area contributed by atoms with Gasteiger partial charge in [-0.15, -0.1) is 0 Å². The standard InChI is InChI=1S/C18H17F3N2O2/c1-11-3-6-15(10-16(11)18(19,20)21)23-17(25)9-13-4-7-14(8-5-13)22-12(2)24/h3-8,10H,9H2,1-2H3,(H,22,24)(H,23,25). The molecule has 0 spiro atoms. The first kappa shape index (κ1) is 18.5. The number of carbonyl (C=O) groups is 2. The highest BCUT2D eigenvalue weighted by Gasteiger charge is 2.32. The molecular weight excluding hydrogens is 333 g/mol. The summed E-state index contributed by atoms with van der Waals surface area (Å²) in [5.41, 5.74) is 0.696. The van der Waals surface area contributed by atoms with Crippen LogP contribution in [0.25, 0.3) is 0 Å². The SMILES string of the molecule is CC(=O)Nc1ccc(CC(=O)Nc2ccc(C)c(C(F)(F)F)c2)cc1. The molecule has 132 valence electrons. The number of anilines is 2. The monoisotopic (exact) mass is 350 g/mol. The van der Waals surface area contributed by atoms with Crippen LogP contribution in [0.4, 0.5) is 24.5 Å². The van der Waals surface area contributed by atoms with E-state index in [0.717, 1.165) is 6.07 Å². The number of rotatable bonds is 4. The maximum atomic E-state index is 12.9. The first-order valence-electron chi connectivity index (χ1n) is 7.49. The molecule has 0 unspecified atom stereocenters. The van der Waals surface area contributed by atoms with E-state index in [4.69, 9.17) is 0 Å². The zero-order valence-electron chi connectivity index (χ0n) is 13.7. The second-order valence-corrected chi connectivity index (χ2v) is 5.63. The number of carbonyl (C=O) groups excluding carboxylic acids is 2. The highest BCUT2D eigenvalue weighted by atomic mass is 19.4. The molecule has 7 heteroatoms. The summed E-state index contributed by atoms with van der Waals surface area (Å²) in [5, 5.41) is 5.07. The Morgan fingerprint density at radius 1 is 0.960 bits per heavy atom. The fourth-order valence-electron chi connectivity index (χ4n) is 2.30. The van der Waals surface area contributed by atoms with Gasteiger partial charge in [-0.2, -0.15) is 13.2 Å². The molecule has 0 heterocycles. The maximum Gasteiger partial charge on any atom is 0.416 e. The molecule has 0 fully saturated rings. The van der Waals surface area contributed by atoms with E-state index in [0.29, 0.717) is 11.3 Å². The van der Waals surface area contributed by atoms with E-state index < -0.39 is 17.6 Å². The zero-order valence-corrected chi connectivity index (χ0v) is 13.7. The average Bonchev–Trinajstić information content (AvgIpc) is 2.49. The summed E-state index contributed by atoms with van der Waals surface area (Å²) in [4.78, 5) is 23.0. The van der Waals surface area contributed by atoms with Crippen LogP contribution in [0, 0.1) is 6.92 Å². The van der Waals surface area contributed by atoms with Crippen LogP contribution in [0.1, 0.15) is 23.6 Å². The normalized spacial score (nSPS) is 11.1. The van der Waals surface area contributed by atoms with Crippen LogP contribution in [0.15, 0.2) is 42.5 Å². The molecule has 0 bridgehead atoms. The lowest BCUT2D eigenvalue weighted by atomic mass is 10.1. The predicted octanol–water partition coefficient (Wildman–Crippen LogP) is 4.15. The van der Waals surface area contributed by atoms with Crippen molar-refractivity contribution in [2.45, 2.75) is 26.4 Å². The number of hydrogen-bond acceptors (Lipinski definition) is 2. The molecule has 2 rings (SSSR count). The third kappa shape index (κ3) is 5.34. The molecule has 0 aromatic heterocycles. The van der Waals surface area contributed by atoms with E-state index in [1.165, 1.54) is 26.0 Å². The fraction of sp³-hybridized carbons (Fsp3) is 0.222. The summed E-state index contributed by atoms with van der Waals surface area (Å²) in [5.74, 6) is -0.630. The van der Waals surface area contributed by atoms with E-state index in [2.05, 4.69) is 10.6 Å². The first-order valence-corrected chi connectivity index (χ1v) is 7.49. The van der Waals surface area contributed by atoms with Crippen LogP contribution in [0.5, 0.6) is 0 Å². The summed E-state index contributed by atoms with van der Waals surface area (Å²) in [6.07, 6.45) is -4.46. The van der Waals surface area contributed by atoms with Crippen molar-refractivity contribution in [1.29, 1.82) is 0 Å². The lowest BCUT2D eigenvalue weighted by Gasteiger charge is -2.13. The van der Waals surface area contributed by atoms with Crippen molar-refractivity contribution in [2.75, 3.05) is 10.6 Å². The minimum Gasteiger partial charge on any atom is -0.326 e. The summed E-state index contributed by atoms with van der Waals surface area (Å²) >= 11 is 0. The molecule has 2 aromatic rings. The number of alkyl halides is 3. The molecule has 0 atom stereocenters. The fourth-order valence-corrected chi connectivity index (χ4v) is 2.30. The van der Waals surface area contributed by atoms with Gasteiger partial charge in [0.05, 0.1) is 12.0 Å². The van der Waals surface area contributed by atoms with Gasteiger partial charge in [-0.25, -0.2) is 0 Å². The Morgan fingerprint density at radius 2 is 1.56 bits per heavy atom. The van der Waals surface area contributed by atoms with E-state index in [-0.39, 0.29) is 23.6 Å². The molecule has 0 saturated carbocycles. The number of aryl methyl sites for hydroxylation is 1. The quantitative estimate of drug-likeness (QED) is 0.870. The summed E-state index contributed by atoms with van der Waals surface area (Å²) < 4.78 is 38.7. The summed E-state index contributed by atoms with van der Waals surface area (Å²) in [6, 6.07) is 10.3.